The lowest BCUT2D eigenvalue weighted by atomic mass is 10.0. The van der Waals surface area contributed by atoms with Gasteiger partial charge < -0.3 is 14.2 Å². The predicted molar refractivity (Wildman–Crippen MR) is 97.3 cm³/mol. The number of hydrogen-bond donors (Lipinski definition) is 2. The first-order valence-electron chi connectivity index (χ1n) is 8.40. The van der Waals surface area contributed by atoms with Crippen molar-refractivity contribution in [1.29, 1.82) is 0 Å². The Morgan fingerprint density at radius 3 is 2.09 bits per heavy atom. The average Bonchev–Trinajstić information content (AvgIpc) is 2.28. The third-order valence-electron chi connectivity index (χ3n) is 4.57. The summed E-state index contributed by atoms with van der Waals surface area (Å²) < 4.78 is 17.3. The van der Waals surface area contributed by atoms with Gasteiger partial charge in [0.2, 0.25) is 0 Å². The van der Waals surface area contributed by atoms with Crippen LogP contribution in [0.15, 0.2) is 0 Å². The number of carbonyl (C=O) groups is 1. The van der Waals surface area contributed by atoms with E-state index in [0.717, 1.165) is 12.8 Å². The largest absolute Gasteiger partial charge is 0.414 e. The molecule has 2 N–H and O–H groups in total. The number of unbranched alkanes of at least 4 members (excludes halogenated alkanes) is 1. The summed E-state index contributed by atoms with van der Waals surface area (Å²) in [5.74, 6) is 0.0553. The molecule has 0 bridgehead atoms. The SMILES string of the molecule is CC(C)[C@@H](CCCCC(=O)CP(=O)(O)O)O[Si](C)(C)C(C)(C)C. The molecule has 0 aromatic carbocycles. The Balaban J connectivity index is 4.37. The van der Waals surface area contributed by atoms with E-state index in [1.807, 2.05) is 0 Å². The molecular formula is C16H35O5PSi. The first-order chi connectivity index (χ1) is 10.2. The summed E-state index contributed by atoms with van der Waals surface area (Å²) in [7, 11) is -6.03. The van der Waals surface area contributed by atoms with E-state index >= 15 is 0 Å². The van der Waals surface area contributed by atoms with E-state index in [0.29, 0.717) is 12.3 Å². The molecule has 0 heterocycles. The first-order valence-corrected chi connectivity index (χ1v) is 13.1. The van der Waals surface area contributed by atoms with E-state index in [9.17, 15) is 9.36 Å². The fourth-order valence-corrected chi connectivity index (χ4v) is 4.18. The van der Waals surface area contributed by atoms with Crippen LogP contribution < -0.4 is 0 Å². The molecule has 138 valence electrons. The Morgan fingerprint density at radius 1 is 1.17 bits per heavy atom. The Labute approximate surface area is 142 Å². The van der Waals surface area contributed by atoms with Crippen LogP contribution in [-0.4, -0.2) is 36.2 Å². The molecule has 0 aliphatic rings. The van der Waals surface area contributed by atoms with Gasteiger partial charge in [-0.1, -0.05) is 41.0 Å². The van der Waals surface area contributed by atoms with Crippen molar-refractivity contribution >= 4 is 21.7 Å². The van der Waals surface area contributed by atoms with Crippen LogP contribution in [0.5, 0.6) is 0 Å². The highest BCUT2D eigenvalue weighted by Crippen LogP contribution is 2.39. The second-order valence-corrected chi connectivity index (χ2v) is 14.7. The van der Waals surface area contributed by atoms with Crippen molar-refractivity contribution < 1.29 is 23.6 Å². The maximum absolute atomic E-state index is 11.5. The molecule has 0 unspecified atom stereocenters. The molecule has 0 saturated carbocycles. The van der Waals surface area contributed by atoms with Crippen molar-refractivity contribution in [1.82, 2.24) is 0 Å². The molecule has 0 rings (SSSR count). The summed E-state index contributed by atoms with van der Waals surface area (Å²) in [6.07, 6.45) is 2.14. The van der Waals surface area contributed by atoms with E-state index in [-0.39, 0.29) is 23.3 Å². The first kappa shape index (κ1) is 23.0. The van der Waals surface area contributed by atoms with Crippen LogP contribution in [0.3, 0.4) is 0 Å². The zero-order chi connectivity index (χ0) is 18.5. The smallest absolute Gasteiger partial charge is 0.332 e. The highest BCUT2D eigenvalue weighted by atomic mass is 31.2. The number of Topliss-reactive ketones (excluding diaryl/α,β-unsaturated/α-hetero) is 1. The van der Waals surface area contributed by atoms with Crippen LogP contribution in [0.4, 0.5) is 0 Å². The van der Waals surface area contributed by atoms with Gasteiger partial charge in [0.05, 0.1) is 0 Å². The molecule has 0 aromatic heterocycles. The van der Waals surface area contributed by atoms with E-state index in [4.69, 9.17) is 14.2 Å². The summed E-state index contributed by atoms with van der Waals surface area (Å²) in [5, 5.41) is 0.166. The summed E-state index contributed by atoms with van der Waals surface area (Å²) in [5.41, 5.74) is 0. The summed E-state index contributed by atoms with van der Waals surface area (Å²) in [6.45, 7) is 15.4. The van der Waals surface area contributed by atoms with Gasteiger partial charge in [0, 0.05) is 12.5 Å². The van der Waals surface area contributed by atoms with Crippen LogP contribution in [0.25, 0.3) is 0 Å². The van der Waals surface area contributed by atoms with Crippen molar-refractivity contribution in [2.75, 3.05) is 6.16 Å². The maximum atomic E-state index is 11.5. The van der Waals surface area contributed by atoms with Crippen molar-refractivity contribution in [3.8, 4) is 0 Å². The topological polar surface area (TPSA) is 83.8 Å². The van der Waals surface area contributed by atoms with Gasteiger partial charge in [0.25, 0.3) is 0 Å². The molecule has 0 fully saturated rings. The molecule has 1 atom stereocenters. The summed E-state index contributed by atoms with van der Waals surface area (Å²) in [6, 6.07) is 0. The normalized spacial score (nSPS) is 15.0. The number of rotatable bonds is 10. The second-order valence-electron chi connectivity index (χ2n) is 8.27. The van der Waals surface area contributed by atoms with Crippen LogP contribution >= 0.6 is 7.60 Å². The second kappa shape index (κ2) is 8.91. The molecule has 0 aromatic rings. The molecule has 5 nitrogen and oxygen atoms in total. The lowest BCUT2D eigenvalue weighted by Gasteiger charge is -2.40. The van der Waals surface area contributed by atoms with E-state index in [1.54, 1.807) is 0 Å². The summed E-state index contributed by atoms with van der Waals surface area (Å²) in [4.78, 5) is 29.0. The zero-order valence-electron chi connectivity index (χ0n) is 15.8. The van der Waals surface area contributed by atoms with Gasteiger partial charge in [-0.25, -0.2) is 0 Å². The Bertz CT molecular complexity index is 423. The quantitative estimate of drug-likeness (QED) is 0.341. The van der Waals surface area contributed by atoms with E-state index in [2.05, 4.69) is 47.7 Å². The van der Waals surface area contributed by atoms with Gasteiger partial charge >= 0.3 is 7.60 Å². The molecule has 0 spiro atoms. The average molecular weight is 367 g/mol. The highest BCUT2D eigenvalue weighted by Gasteiger charge is 2.39. The Kier molecular flexibility index (Phi) is 8.91. The van der Waals surface area contributed by atoms with Gasteiger partial charge in [-0.3, -0.25) is 9.36 Å². The van der Waals surface area contributed by atoms with Gasteiger partial charge in [-0.15, -0.1) is 0 Å². The minimum Gasteiger partial charge on any atom is -0.414 e. The number of ketones is 1. The summed E-state index contributed by atoms with van der Waals surface area (Å²) >= 11 is 0. The molecule has 0 saturated heterocycles. The molecule has 0 aliphatic carbocycles. The van der Waals surface area contributed by atoms with Gasteiger partial charge in [-0.05, 0) is 36.9 Å². The van der Waals surface area contributed by atoms with Crippen LogP contribution in [-0.2, 0) is 13.8 Å². The highest BCUT2D eigenvalue weighted by molar-refractivity contribution is 7.52. The molecule has 0 aliphatic heterocycles. The predicted octanol–water partition coefficient (Wildman–Crippen LogP) is 4.34. The fourth-order valence-electron chi connectivity index (χ4n) is 2.06. The minimum atomic E-state index is -4.22. The fraction of sp³-hybridized carbons (Fsp3) is 0.938. The van der Waals surface area contributed by atoms with E-state index < -0.39 is 22.1 Å². The monoisotopic (exact) mass is 366 g/mol. The van der Waals surface area contributed by atoms with Crippen molar-refractivity contribution in [2.24, 2.45) is 5.92 Å². The molecule has 0 radical (unpaired) electrons. The van der Waals surface area contributed by atoms with Crippen LogP contribution in [0.2, 0.25) is 18.1 Å². The maximum Gasteiger partial charge on any atom is 0.332 e. The lowest BCUT2D eigenvalue weighted by Crippen LogP contribution is -2.45. The van der Waals surface area contributed by atoms with Crippen LogP contribution in [0.1, 0.15) is 60.3 Å². The standard InChI is InChI=1S/C16H35O5PSi/c1-13(2)15(21-23(6,7)16(3,4)5)11-9-8-10-14(17)12-22(18,19)20/h13,15H,8-12H2,1-7H3,(H2,18,19,20)/t15-/m1/s1. The van der Waals surface area contributed by atoms with Gasteiger partial charge in [0.1, 0.15) is 11.9 Å². The van der Waals surface area contributed by atoms with Crippen molar-refractivity contribution in [3.63, 3.8) is 0 Å². The van der Waals surface area contributed by atoms with Crippen molar-refractivity contribution in [2.45, 2.75) is 84.5 Å². The third-order valence-corrected chi connectivity index (χ3v) is 9.84. The zero-order valence-corrected chi connectivity index (χ0v) is 17.7. The molecule has 7 heteroatoms. The number of hydrogen-bond acceptors (Lipinski definition) is 3. The third kappa shape index (κ3) is 9.78. The Morgan fingerprint density at radius 2 is 1.70 bits per heavy atom. The lowest BCUT2D eigenvalue weighted by molar-refractivity contribution is -0.117. The van der Waals surface area contributed by atoms with E-state index in [1.165, 1.54) is 0 Å². The van der Waals surface area contributed by atoms with Gasteiger partial charge in [0.15, 0.2) is 8.32 Å². The molecule has 23 heavy (non-hydrogen) atoms. The Hall–Kier alpha value is -0.00312. The molecule has 0 amide bonds. The molecular weight excluding hydrogens is 331 g/mol. The number of carbonyl (C=O) groups excluding carboxylic acids is 1. The minimum absolute atomic E-state index is 0.166. The van der Waals surface area contributed by atoms with Crippen LogP contribution in [0, 0.1) is 5.92 Å². The van der Waals surface area contributed by atoms with Crippen molar-refractivity contribution in [3.05, 3.63) is 0 Å². The van der Waals surface area contributed by atoms with Gasteiger partial charge in [-0.2, -0.15) is 0 Å².